The second kappa shape index (κ2) is 6.13. The summed E-state index contributed by atoms with van der Waals surface area (Å²) in [5, 5.41) is 5.17. The number of nitrogens with zero attached hydrogens (tertiary/aromatic N) is 1. The van der Waals surface area contributed by atoms with Gasteiger partial charge in [0.1, 0.15) is 0 Å². The molecular weight excluding hydrogens is 292 g/mol. The van der Waals surface area contributed by atoms with E-state index in [1.54, 1.807) is 10.4 Å². The third kappa shape index (κ3) is 3.24. The standard InChI is InChI=1S/C14H24N2O2S2/c1-10(2)15-8-13-14(5-6-19-13)20(17,18)16-9-11(3)7-12(16)4/h5-6,10-12,15H,7-9H2,1-4H3. The van der Waals surface area contributed by atoms with E-state index in [1.165, 1.54) is 11.3 Å². The third-order valence-corrected chi connectivity index (χ3v) is 6.80. The van der Waals surface area contributed by atoms with Crippen molar-refractivity contribution in [1.29, 1.82) is 0 Å². The van der Waals surface area contributed by atoms with Gasteiger partial charge in [-0.3, -0.25) is 0 Å². The summed E-state index contributed by atoms with van der Waals surface area (Å²) in [4.78, 5) is 1.39. The van der Waals surface area contributed by atoms with Gasteiger partial charge in [0.15, 0.2) is 0 Å². The van der Waals surface area contributed by atoms with E-state index < -0.39 is 10.0 Å². The van der Waals surface area contributed by atoms with Crippen molar-refractivity contribution in [2.45, 2.75) is 57.6 Å². The van der Waals surface area contributed by atoms with Crippen molar-refractivity contribution in [3.05, 3.63) is 16.3 Å². The van der Waals surface area contributed by atoms with Gasteiger partial charge >= 0.3 is 0 Å². The first-order valence-electron chi connectivity index (χ1n) is 7.14. The Hall–Kier alpha value is -0.430. The van der Waals surface area contributed by atoms with Crippen LogP contribution < -0.4 is 5.32 Å². The van der Waals surface area contributed by atoms with Crippen molar-refractivity contribution in [2.75, 3.05) is 6.54 Å². The fraction of sp³-hybridized carbons (Fsp3) is 0.714. The van der Waals surface area contributed by atoms with Gasteiger partial charge in [-0.25, -0.2) is 8.42 Å². The van der Waals surface area contributed by atoms with Crippen molar-refractivity contribution in [2.24, 2.45) is 5.92 Å². The molecule has 1 aliphatic heterocycles. The van der Waals surface area contributed by atoms with Gasteiger partial charge in [-0.1, -0.05) is 20.8 Å². The average Bonchev–Trinajstić information content (AvgIpc) is 2.93. The van der Waals surface area contributed by atoms with Crippen LogP contribution in [0, 0.1) is 5.92 Å². The van der Waals surface area contributed by atoms with E-state index in [1.807, 2.05) is 12.3 Å². The molecule has 2 unspecified atom stereocenters. The Kier molecular flexibility index (Phi) is 4.89. The molecule has 4 nitrogen and oxygen atoms in total. The number of hydrogen-bond donors (Lipinski definition) is 1. The van der Waals surface area contributed by atoms with Gasteiger partial charge < -0.3 is 5.32 Å². The highest BCUT2D eigenvalue weighted by atomic mass is 32.2. The van der Waals surface area contributed by atoms with Crippen LogP contribution in [-0.2, 0) is 16.6 Å². The minimum Gasteiger partial charge on any atom is -0.310 e. The molecule has 1 aliphatic rings. The first-order valence-corrected chi connectivity index (χ1v) is 9.46. The maximum absolute atomic E-state index is 12.8. The molecule has 0 spiro atoms. The Bertz CT molecular complexity index is 551. The summed E-state index contributed by atoms with van der Waals surface area (Å²) >= 11 is 1.51. The smallest absolute Gasteiger partial charge is 0.244 e. The summed E-state index contributed by atoms with van der Waals surface area (Å²) in [6.45, 7) is 9.48. The topological polar surface area (TPSA) is 49.4 Å². The minimum atomic E-state index is -3.35. The molecule has 2 atom stereocenters. The molecule has 1 aromatic heterocycles. The van der Waals surface area contributed by atoms with Gasteiger partial charge in [0.05, 0.1) is 4.90 Å². The van der Waals surface area contributed by atoms with E-state index in [0.29, 0.717) is 29.9 Å². The molecule has 0 aliphatic carbocycles. The zero-order chi connectivity index (χ0) is 14.9. The number of sulfonamides is 1. The molecule has 1 fully saturated rings. The van der Waals surface area contributed by atoms with Crippen molar-refractivity contribution in [3.8, 4) is 0 Å². The van der Waals surface area contributed by atoms with Crippen molar-refractivity contribution < 1.29 is 8.42 Å². The highest BCUT2D eigenvalue weighted by Gasteiger charge is 2.37. The van der Waals surface area contributed by atoms with Crippen LogP contribution in [-0.4, -0.2) is 31.4 Å². The fourth-order valence-corrected chi connectivity index (χ4v) is 5.84. The van der Waals surface area contributed by atoms with E-state index in [0.717, 1.165) is 11.3 Å². The van der Waals surface area contributed by atoms with Crippen LogP contribution in [0.15, 0.2) is 16.3 Å². The monoisotopic (exact) mass is 316 g/mol. The minimum absolute atomic E-state index is 0.0980. The number of nitrogens with one attached hydrogen (secondary N) is 1. The van der Waals surface area contributed by atoms with Crippen molar-refractivity contribution >= 4 is 21.4 Å². The molecule has 0 amide bonds. The van der Waals surface area contributed by atoms with Crippen molar-refractivity contribution in [1.82, 2.24) is 9.62 Å². The Labute approximate surface area is 126 Å². The van der Waals surface area contributed by atoms with Crippen LogP contribution in [0.2, 0.25) is 0 Å². The average molecular weight is 316 g/mol. The third-order valence-electron chi connectivity index (χ3n) is 3.69. The molecule has 2 rings (SSSR count). The van der Waals surface area contributed by atoms with Crippen LogP contribution in [0.4, 0.5) is 0 Å². The molecule has 0 radical (unpaired) electrons. The second-order valence-electron chi connectivity index (χ2n) is 6.01. The van der Waals surface area contributed by atoms with Gasteiger partial charge in [0.25, 0.3) is 0 Å². The molecule has 0 bridgehead atoms. The lowest BCUT2D eigenvalue weighted by molar-refractivity contribution is 0.405. The molecule has 20 heavy (non-hydrogen) atoms. The molecule has 114 valence electrons. The fourth-order valence-electron chi connectivity index (χ4n) is 2.71. The normalized spacial score (nSPS) is 24.6. The van der Waals surface area contributed by atoms with Crippen LogP contribution in [0.5, 0.6) is 0 Å². The maximum Gasteiger partial charge on any atom is 0.244 e. The molecule has 1 N–H and O–H groups in total. The first-order chi connectivity index (χ1) is 9.32. The zero-order valence-corrected chi connectivity index (χ0v) is 14.2. The lowest BCUT2D eigenvalue weighted by Crippen LogP contribution is -2.34. The molecule has 1 aromatic rings. The van der Waals surface area contributed by atoms with E-state index >= 15 is 0 Å². The lowest BCUT2D eigenvalue weighted by Gasteiger charge is -2.21. The molecule has 0 saturated carbocycles. The summed E-state index contributed by atoms with van der Waals surface area (Å²) in [6, 6.07) is 2.19. The van der Waals surface area contributed by atoms with E-state index in [-0.39, 0.29) is 6.04 Å². The summed E-state index contributed by atoms with van der Waals surface area (Å²) in [6.07, 6.45) is 0.947. The summed E-state index contributed by atoms with van der Waals surface area (Å²) in [5.41, 5.74) is 0. The van der Waals surface area contributed by atoms with Gasteiger partial charge in [0, 0.05) is 30.1 Å². The summed E-state index contributed by atoms with van der Waals surface area (Å²) in [7, 11) is -3.35. The van der Waals surface area contributed by atoms with E-state index in [4.69, 9.17) is 0 Å². The van der Waals surface area contributed by atoms with Gasteiger partial charge in [0.2, 0.25) is 10.0 Å². The van der Waals surface area contributed by atoms with E-state index in [9.17, 15) is 8.42 Å². The highest BCUT2D eigenvalue weighted by Crippen LogP contribution is 2.32. The maximum atomic E-state index is 12.8. The Morgan fingerprint density at radius 3 is 2.70 bits per heavy atom. The quantitative estimate of drug-likeness (QED) is 0.908. The Morgan fingerprint density at radius 1 is 1.45 bits per heavy atom. The molecule has 6 heteroatoms. The van der Waals surface area contributed by atoms with E-state index in [2.05, 4.69) is 26.1 Å². The predicted octanol–water partition coefficient (Wildman–Crippen LogP) is 2.67. The summed E-state index contributed by atoms with van der Waals surface area (Å²) in [5.74, 6) is 0.440. The lowest BCUT2D eigenvalue weighted by atomic mass is 10.1. The Morgan fingerprint density at radius 2 is 2.15 bits per heavy atom. The molecule has 0 aromatic carbocycles. The van der Waals surface area contributed by atoms with Crippen LogP contribution >= 0.6 is 11.3 Å². The zero-order valence-electron chi connectivity index (χ0n) is 12.6. The van der Waals surface area contributed by atoms with Gasteiger partial charge in [-0.05, 0) is 30.7 Å². The van der Waals surface area contributed by atoms with Crippen molar-refractivity contribution in [3.63, 3.8) is 0 Å². The number of rotatable bonds is 5. The molecule has 2 heterocycles. The second-order valence-corrected chi connectivity index (χ2v) is 8.87. The first kappa shape index (κ1) is 15.9. The highest BCUT2D eigenvalue weighted by molar-refractivity contribution is 7.89. The number of thiophene rings is 1. The molecular formula is C14H24N2O2S2. The van der Waals surface area contributed by atoms with Crippen LogP contribution in [0.1, 0.15) is 39.0 Å². The number of hydrogen-bond acceptors (Lipinski definition) is 4. The van der Waals surface area contributed by atoms with Crippen LogP contribution in [0.3, 0.4) is 0 Å². The largest absolute Gasteiger partial charge is 0.310 e. The Balaban J connectivity index is 2.24. The van der Waals surface area contributed by atoms with Crippen LogP contribution in [0.25, 0.3) is 0 Å². The predicted molar refractivity (Wildman–Crippen MR) is 83.4 cm³/mol. The van der Waals surface area contributed by atoms with Gasteiger partial charge in [-0.15, -0.1) is 11.3 Å². The summed E-state index contributed by atoms with van der Waals surface area (Å²) < 4.78 is 27.3. The van der Waals surface area contributed by atoms with Gasteiger partial charge in [-0.2, -0.15) is 4.31 Å². The molecule has 1 saturated heterocycles. The SMILES string of the molecule is CC1CC(C)N(S(=O)(=O)c2ccsc2CNC(C)C)C1.